The Kier molecular flexibility index (Phi) is 2.96. The third kappa shape index (κ3) is 1.90. The Morgan fingerprint density at radius 3 is 2.42 bits per heavy atom. The summed E-state index contributed by atoms with van der Waals surface area (Å²) in [7, 11) is 0. The molecule has 1 rings (SSSR count). The minimum atomic E-state index is -0.870. The lowest BCUT2D eigenvalue weighted by atomic mass is 10.1. The average molecular weight is 166 g/mol. The normalized spacial score (nSPS) is 12.5. The second kappa shape index (κ2) is 3.99. The summed E-state index contributed by atoms with van der Waals surface area (Å²) in [6.45, 7) is 1.94. The molecule has 0 spiro atoms. The fraction of sp³-hybridized carbons (Fsp3) is 0.222. The van der Waals surface area contributed by atoms with Crippen LogP contribution in [0.25, 0.3) is 0 Å². The van der Waals surface area contributed by atoms with Gasteiger partial charge in [0.1, 0.15) is 0 Å². The number of aldehydes is 1. The van der Waals surface area contributed by atoms with Gasteiger partial charge in [-0.25, -0.2) is 4.89 Å². The van der Waals surface area contributed by atoms with E-state index in [0.29, 0.717) is 11.8 Å². The Labute approximate surface area is 70.5 Å². The Morgan fingerprint density at radius 1 is 1.42 bits per heavy atom. The van der Waals surface area contributed by atoms with E-state index in [1.807, 2.05) is 19.1 Å². The Bertz CT molecular complexity index is 253. The van der Waals surface area contributed by atoms with E-state index in [9.17, 15) is 4.79 Å². The maximum Gasteiger partial charge on any atom is 0.173 e. The first-order valence-electron chi connectivity index (χ1n) is 3.60. The van der Waals surface area contributed by atoms with E-state index < -0.39 is 6.10 Å². The molecule has 0 fully saturated rings. The Balaban J connectivity index is 2.87. The lowest BCUT2D eigenvalue weighted by Gasteiger charge is -2.05. The summed E-state index contributed by atoms with van der Waals surface area (Å²) >= 11 is 0. The molecule has 1 atom stereocenters. The van der Waals surface area contributed by atoms with Crippen molar-refractivity contribution in [1.82, 2.24) is 0 Å². The van der Waals surface area contributed by atoms with Crippen molar-refractivity contribution in [3.05, 3.63) is 35.4 Å². The number of benzene rings is 1. The second-order valence-electron chi connectivity index (χ2n) is 2.57. The van der Waals surface area contributed by atoms with Crippen LogP contribution in [0.1, 0.15) is 17.2 Å². The van der Waals surface area contributed by atoms with Crippen LogP contribution in [0.15, 0.2) is 24.3 Å². The van der Waals surface area contributed by atoms with Crippen LogP contribution in [-0.2, 0) is 9.68 Å². The molecule has 0 heterocycles. The Hall–Kier alpha value is -1.19. The summed E-state index contributed by atoms with van der Waals surface area (Å²) in [6, 6.07) is 7.19. The van der Waals surface area contributed by atoms with Gasteiger partial charge in [0.2, 0.25) is 0 Å². The van der Waals surface area contributed by atoms with E-state index in [-0.39, 0.29) is 0 Å². The number of rotatable bonds is 3. The molecule has 1 aromatic rings. The highest BCUT2D eigenvalue weighted by atomic mass is 17.1. The molecule has 0 saturated heterocycles. The minimum absolute atomic E-state index is 0.546. The summed E-state index contributed by atoms with van der Waals surface area (Å²) in [5, 5.41) is 8.32. The zero-order valence-corrected chi connectivity index (χ0v) is 6.73. The number of carbonyl (C=O) groups is 1. The van der Waals surface area contributed by atoms with E-state index in [0.717, 1.165) is 5.56 Å². The maximum absolute atomic E-state index is 10.3. The molecule has 3 heteroatoms. The molecule has 0 bridgehead atoms. The molecule has 0 radical (unpaired) electrons. The van der Waals surface area contributed by atoms with Crippen molar-refractivity contribution in [3.8, 4) is 0 Å². The second-order valence-corrected chi connectivity index (χ2v) is 2.57. The molecule has 12 heavy (non-hydrogen) atoms. The molecule has 0 amide bonds. The van der Waals surface area contributed by atoms with Gasteiger partial charge >= 0.3 is 0 Å². The molecular weight excluding hydrogens is 156 g/mol. The SMILES string of the molecule is Cc1ccc([C@@H](C=O)OO)cc1. The third-order valence-electron chi connectivity index (χ3n) is 1.64. The number of hydrogen-bond donors (Lipinski definition) is 1. The van der Waals surface area contributed by atoms with Crippen LogP contribution < -0.4 is 0 Å². The zero-order chi connectivity index (χ0) is 8.97. The highest BCUT2D eigenvalue weighted by molar-refractivity contribution is 5.59. The molecule has 1 N–H and O–H groups in total. The molecular formula is C9H10O3. The average Bonchev–Trinajstić information content (AvgIpc) is 2.10. The number of hydrogen-bond acceptors (Lipinski definition) is 3. The first kappa shape index (κ1) is 8.90. The first-order chi connectivity index (χ1) is 5.77. The highest BCUT2D eigenvalue weighted by Crippen LogP contribution is 2.13. The van der Waals surface area contributed by atoms with Crippen molar-refractivity contribution in [3.63, 3.8) is 0 Å². The maximum atomic E-state index is 10.3. The van der Waals surface area contributed by atoms with Crippen LogP contribution >= 0.6 is 0 Å². The van der Waals surface area contributed by atoms with Crippen molar-refractivity contribution < 1.29 is 14.9 Å². The summed E-state index contributed by atoms with van der Waals surface area (Å²) in [4.78, 5) is 14.3. The molecule has 1 aromatic carbocycles. The summed E-state index contributed by atoms with van der Waals surface area (Å²) < 4.78 is 0. The van der Waals surface area contributed by atoms with Gasteiger partial charge in [0.15, 0.2) is 12.4 Å². The van der Waals surface area contributed by atoms with E-state index >= 15 is 0 Å². The molecule has 3 nitrogen and oxygen atoms in total. The van der Waals surface area contributed by atoms with Crippen molar-refractivity contribution in [2.45, 2.75) is 13.0 Å². The molecule has 0 unspecified atom stereocenters. The van der Waals surface area contributed by atoms with Crippen LogP contribution in [0.5, 0.6) is 0 Å². The molecule has 0 aliphatic heterocycles. The van der Waals surface area contributed by atoms with E-state index in [1.54, 1.807) is 12.1 Å². The van der Waals surface area contributed by atoms with Gasteiger partial charge in [-0.1, -0.05) is 29.8 Å². The van der Waals surface area contributed by atoms with Gasteiger partial charge < -0.3 is 0 Å². The van der Waals surface area contributed by atoms with Gasteiger partial charge in [0.25, 0.3) is 0 Å². The van der Waals surface area contributed by atoms with Crippen molar-refractivity contribution in [2.75, 3.05) is 0 Å². The monoisotopic (exact) mass is 166 g/mol. The lowest BCUT2D eigenvalue weighted by molar-refractivity contribution is -0.270. The Morgan fingerprint density at radius 2 is 2.00 bits per heavy atom. The van der Waals surface area contributed by atoms with Gasteiger partial charge in [0.05, 0.1) is 0 Å². The van der Waals surface area contributed by atoms with Crippen LogP contribution in [0, 0.1) is 6.92 Å². The number of carbonyl (C=O) groups excluding carboxylic acids is 1. The highest BCUT2D eigenvalue weighted by Gasteiger charge is 2.08. The van der Waals surface area contributed by atoms with Crippen LogP contribution in [-0.4, -0.2) is 11.5 Å². The third-order valence-corrected chi connectivity index (χ3v) is 1.64. The van der Waals surface area contributed by atoms with Gasteiger partial charge in [0, 0.05) is 0 Å². The number of aryl methyl sites for hydroxylation is 1. The van der Waals surface area contributed by atoms with Crippen molar-refractivity contribution in [1.29, 1.82) is 0 Å². The fourth-order valence-corrected chi connectivity index (χ4v) is 0.920. The smallest absolute Gasteiger partial charge is 0.173 e. The summed E-state index contributed by atoms with van der Waals surface area (Å²) in [5.41, 5.74) is 1.75. The molecule has 0 aliphatic rings. The van der Waals surface area contributed by atoms with Gasteiger partial charge in [-0.05, 0) is 12.5 Å². The topological polar surface area (TPSA) is 46.5 Å². The van der Waals surface area contributed by atoms with E-state index in [4.69, 9.17) is 5.26 Å². The predicted molar refractivity (Wildman–Crippen MR) is 43.7 cm³/mol. The summed E-state index contributed by atoms with van der Waals surface area (Å²) in [6.07, 6.45) is -0.324. The quantitative estimate of drug-likeness (QED) is 0.422. The lowest BCUT2D eigenvalue weighted by Crippen LogP contribution is -2.02. The standard InChI is InChI=1S/C9H10O3/c1-7-2-4-8(5-3-7)9(6-10)12-11/h2-6,9,11H,1H3/t9-/m1/s1. The summed E-state index contributed by atoms with van der Waals surface area (Å²) in [5.74, 6) is 0. The molecule has 64 valence electrons. The molecule has 0 aromatic heterocycles. The predicted octanol–water partition coefficient (Wildman–Crippen LogP) is 1.72. The van der Waals surface area contributed by atoms with Gasteiger partial charge in [-0.15, -0.1) is 0 Å². The van der Waals surface area contributed by atoms with Gasteiger partial charge in [-0.3, -0.25) is 10.1 Å². The van der Waals surface area contributed by atoms with Crippen molar-refractivity contribution in [2.24, 2.45) is 0 Å². The molecule has 0 saturated carbocycles. The van der Waals surface area contributed by atoms with Crippen LogP contribution in [0.3, 0.4) is 0 Å². The largest absolute Gasteiger partial charge is 0.300 e. The van der Waals surface area contributed by atoms with E-state index in [1.165, 1.54) is 0 Å². The zero-order valence-electron chi connectivity index (χ0n) is 6.73. The molecule has 0 aliphatic carbocycles. The van der Waals surface area contributed by atoms with Crippen molar-refractivity contribution >= 4 is 6.29 Å². The first-order valence-corrected chi connectivity index (χ1v) is 3.60. The minimum Gasteiger partial charge on any atom is -0.300 e. The van der Waals surface area contributed by atoms with Crippen LogP contribution in [0.2, 0.25) is 0 Å². The van der Waals surface area contributed by atoms with Gasteiger partial charge in [-0.2, -0.15) is 0 Å². The fourth-order valence-electron chi connectivity index (χ4n) is 0.920. The van der Waals surface area contributed by atoms with Crippen LogP contribution in [0.4, 0.5) is 0 Å². The van der Waals surface area contributed by atoms with E-state index in [2.05, 4.69) is 4.89 Å².